The molecule has 148 valence electrons. The van der Waals surface area contributed by atoms with Gasteiger partial charge in [-0.05, 0) is 30.0 Å². The van der Waals surface area contributed by atoms with E-state index in [2.05, 4.69) is 10.3 Å². The first kappa shape index (κ1) is 21.6. The highest BCUT2D eigenvalue weighted by Crippen LogP contribution is 2.35. The molecular formula is C20H28N2O3S2. The molecule has 1 fully saturated rings. The van der Waals surface area contributed by atoms with E-state index in [0.29, 0.717) is 15.9 Å². The highest BCUT2D eigenvalue weighted by atomic mass is 32.2. The van der Waals surface area contributed by atoms with Crippen LogP contribution in [0.15, 0.2) is 40.7 Å². The molecule has 0 aliphatic heterocycles. The first-order chi connectivity index (χ1) is 12.5. The van der Waals surface area contributed by atoms with E-state index in [9.17, 15) is 13.2 Å². The lowest BCUT2D eigenvalue weighted by Crippen LogP contribution is -2.23. The Labute approximate surface area is 166 Å². The van der Waals surface area contributed by atoms with Crippen LogP contribution >= 0.6 is 11.3 Å². The van der Waals surface area contributed by atoms with Crippen LogP contribution in [-0.2, 0) is 14.6 Å². The van der Waals surface area contributed by atoms with Crippen LogP contribution in [-0.4, -0.2) is 25.1 Å². The highest BCUT2D eigenvalue weighted by molar-refractivity contribution is 7.91. The number of aromatic nitrogens is 1. The van der Waals surface area contributed by atoms with E-state index in [1.54, 1.807) is 37.4 Å². The zero-order chi connectivity index (χ0) is 18.6. The fraction of sp³-hybridized carbons (Fsp3) is 0.500. The minimum Gasteiger partial charge on any atom is -0.301 e. The van der Waals surface area contributed by atoms with E-state index >= 15 is 0 Å². The lowest BCUT2D eigenvalue weighted by atomic mass is 9.87. The van der Waals surface area contributed by atoms with Crippen molar-refractivity contribution in [2.45, 2.75) is 57.3 Å². The second-order valence-corrected chi connectivity index (χ2v) is 9.91. The molecule has 0 saturated heterocycles. The molecule has 1 aliphatic carbocycles. The fourth-order valence-corrected chi connectivity index (χ4v) is 4.94. The molecule has 1 aromatic heterocycles. The number of nitrogens with one attached hydrogen (secondary N) is 1. The van der Waals surface area contributed by atoms with Crippen LogP contribution in [0.2, 0.25) is 0 Å². The van der Waals surface area contributed by atoms with E-state index in [1.807, 2.05) is 5.38 Å². The predicted octanol–water partition coefficient (Wildman–Crippen LogP) is 4.88. The molecule has 1 amide bonds. The smallest absolute Gasteiger partial charge is 0.233 e. The third kappa shape index (κ3) is 5.39. The minimum atomic E-state index is -3.23. The van der Waals surface area contributed by atoms with Gasteiger partial charge in [0.25, 0.3) is 0 Å². The monoisotopic (exact) mass is 408 g/mol. The Hall–Kier alpha value is -1.73. The van der Waals surface area contributed by atoms with Crippen LogP contribution in [0.3, 0.4) is 0 Å². The maximum atomic E-state index is 12.9. The number of anilines is 1. The van der Waals surface area contributed by atoms with Gasteiger partial charge >= 0.3 is 0 Å². The van der Waals surface area contributed by atoms with Crippen molar-refractivity contribution >= 4 is 32.2 Å². The maximum absolute atomic E-state index is 12.9. The standard InChI is InChI=1S/C19H24N2O3S2.CH4/c1-2-26(23,24)16-9-7-15(8-10-16)17(13-14-5-3-4-6-14)18(22)21-19-20-11-12-25-19;/h7-12,14,17H,2-6,13H2,1H3,(H,20,21,22);1H4. The van der Waals surface area contributed by atoms with Gasteiger partial charge in [-0.3, -0.25) is 4.79 Å². The number of sulfone groups is 1. The Bertz CT molecular complexity index is 825. The Balaban J connectivity index is 0.00000261. The molecule has 1 atom stereocenters. The quantitative estimate of drug-likeness (QED) is 0.709. The molecule has 1 aliphatic rings. The molecule has 2 aromatic rings. The Morgan fingerprint density at radius 3 is 2.48 bits per heavy atom. The fourth-order valence-electron chi connectivity index (χ4n) is 3.53. The molecule has 27 heavy (non-hydrogen) atoms. The second kappa shape index (κ2) is 9.46. The number of carbonyl (C=O) groups is 1. The normalized spacial score (nSPS) is 15.9. The van der Waals surface area contributed by atoms with Crippen LogP contribution in [0, 0.1) is 5.92 Å². The van der Waals surface area contributed by atoms with Gasteiger partial charge in [0.15, 0.2) is 15.0 Å². The van der Waals surface area contributed by atoms with Gasteiger partial charge in [0.05, 0.1) is 16.6 Å². The number of carbonyl (C=O) groups excluding carboxylic acids is 1. The van der Waals surface area contributed by atoms with Crippen molar-refractivity contribution < 1.29 is 13.2 Å². The maximum Gasteiger partial charge on any atom is 0.233 e. The molecule has 1 aromatic carbocycles. The van der Waals surface area contributed by atoms with Crippen LogP contribution in [0.1, 0.15) is 57.9 Å². The van der Waals surface area contributed by atoms with Crippen LogP contribution < -0.4 is 5.32 Å². The molecule has 0 bridgehead atoms. The minimum absolute atomic E-state index is 0. The van der Waals surface area contributed by atoms with Crippen molar-refractivity contribution in [2.24, 2.45) is 5.92 Å². The molecule has 5 nitrogen and oxygen atoms in total. The van der Waals surface area contributed by atoms with Crippen molar-refractivity contribution in [3.8, 4) is 0 Å². The average Bonchev–Trinajstić information content (AvgIpc) is 3.33. The van der Waals surface area contributed by atoms with Gasteiger partial charge in [0.1, 0.15) is 0 Å². The van der Waals surface area contributed by atoms with Gasteiger partial charge in [0.2, 0.25) is 5.91 Å². The average molecular weight is 409 g/mol. The van der Waals surface area contributed by atoms with Crippen LogP contribution in [0.5, 0.6) is 0 Å². The zero-order valence-corrected chi connectivity index (χ0v) is 16.5. The van der Waals surface area contributed by atoms with Gasteiger partial charge in [0, 0.05) is 11.6 Å². The van der Waals surface area contributed by atoms with E-state index in [4.69, 9.17) is 0 Å². The molecule has 3 rings (SSSR count). The summed E-state index contributed by atoms with van der Waals surface area (Å²) in [7, 11) is -3.23. The number of thiazole rings is 1. The SMILES string of the molecule is C.CCS(=O)(=O)c1ccc(C(CC2CCCC2)C(=O)Nc2nccs2)cc1. The lowest BCUT2D eigenvalue weighted by Gasteiger charge is -2.20. The third-order valence-corrected chi connectivity index (χ3v) is 7.48. The van der Waals surface area contributed by atoms with Crippen LogP contribution in [0.25, 0.3) is 0 Å². The summed E-state index contributed by atoms with van der Waals surface area (Å²) in [6, 6.07) is 6.80. The van der Waals surface area contributed by atoms with Gasteiger partial charge in [-0.25, -0.2) is 13.4 Å². The number of rotatable bonds is 7. The summed E-state index contributed by atoms with van der Waals surface area (Å²) in [5.74, 6) is 0.252. The molecule has 1 heterocycles. The molecule has 0 spiro atoms. The first-order valence-corrected chi connectivity index (χ1v) is 11.6. The number of nitrogens with zero attached hydrogens (tertiary/aromatic N) is 1. The third-order valence-electron chi connectivity index (χ3n) is 5.04. The molecule has 0 radical (unpaired) electrons. The van der Waals surface area contributed by atoms with Gasteiger partial charge in [-0.1, -0.05) is 52.2 Å². The first-order valence-electron chi connectivity index (χ1n) is 9.02. The Morgan fingerprint density at radius 1 is 1.26 bits per heavy atom. The second-order valence-electron chi connectivity index (χ2n) is 6.74. The number of hydrogen-bond donors (Lipinski definition) is 1. The van der Waals surface area contributed by atoms with Crippen molar-refractivity contribution in [1.29, 1.82) is 0 Å². The molecule has 1 N–H and O–H groups in total. The summed E-state index contributed by atoms with van der Waals surface area (Å²) in [5, 5.41) is 5.32. The van der Waals surface area contributed by atoms with E-state index in [-0.39, 0.29) is 25.0 Å². The summed E-state index contributed by atoms with van der Waals surface area (Å²) in [6.07, 6.45) is 7.21. The number of hydrogen-bond acceptors (Lipinski definition) is 5. The molecule has 1 unspecified atom stereocenters. The van der Waals surface area contributed by atoms with E-state index < -0.39 is 9.84 Å². The van der Waals surface area contributed by atoms with Gasteiger partial charge in [-0.2, -0.15) is 0 Å². The molecule has 1 saturated carbocycles. The largest absolute Gasteiger partial charge is 0.301 e. The Morgan fingerprint density at radius 2 is 1.93 bits per heavy atom. The zero-order valence-electron chi connectivity index (χ0n) is 14.8. The number of benzene rings is 1. The number of amides is 1. The topological polar surface area (TPSA) is 76.1 Å². The van der Waals surface area contributed by atoms with Crippen molar-refractivity contribution in [3.63, 3.8) is 0 Å². The van der Waals surface area contributed by atoms with Gasteiger partial charge < -0.3 is 5.32 Å². The highest BCUT2D eigenvalue weighted by Gasteiger charge is 2.27. The predicted molar refractivity (Wildman–Crippen MR) is 111 cm³/mol. The van der Waals surface area contributed by atoms with Gasteiger partial charge in [-0.15, -0.1) is 11.3 Å². The van der Waals surface area contributed by atoms with Crippen molar-refractivity contribution in [2.75, 3.05) is 11.1 Å². The van der Waals surface area contributed by atoms with Crippen LogP contribution in [0.4, 0.5) is 5.13 Å². The van der Waals surface area contributed by atoms with E-state index in [0.717, 1.165) is 24.8 Å². The summed E-state index contributed by atoms with van der Waals surface area (Å²) < 4.78 is 24.0. The Kier molecular flexibility index (Phi) is 7.56. The van der Waals surface area contributed by atoms with Crippen molar-refractivity contribution in [1.82, 2.24) is 4.98 Å². The summed E-state index contributed by atoms with van der Waals surface area (Å²) >= 11 is 1.39. The summed E-state index contributed by atoms with van der Waals surface area (Å²) in [6.45, 7) is 1.63. The van der Waals surface area contributed by atoms with E-state index in [1.165, 1.54) is 24.2 Å². The lowest BCUT2D eigenvalue weighted by molar-refractivity contribution is -0.118. The summed E-state index contributed by atoms with van der Waals surface area (Å²) in [4.78, 5) is 17.3. The molecule has 7 heteroatoms. The summed E-state index contributed by atoms with van der Waals surface area (Å²) in [5.41, 5.74) is 0.862. The molecular weight excluding hydrogens is 380 g/mol. The van der Waals surface area contributed by atoms with Crippen molar-refractivity contribution in [3.05, 3.63) is 41.4 Å².